The van der Waals surface area contributed by atoms with Gasteiger partial charge in [0.15, 0.2) is 0 Å². The van der Waals surface area contributed by atoms with E-state index in [1.165, 1.54) is 23.1 Å². The number of aromatic nitrogens is 3. The highest BCUT2D eigenvalue weighted by atomic mass is 16.3. The summed E-state index contributed by atoms with van der Waals surface area (Å²) in [5, 5.41) is 15.9. The van der Waals surface area contributed by atoms with Crippen LogP contribution in [0.25, 0.3) is 0 Å². The predicted octanol–water partition coefficient (Wildman–Crippen LogP) is 0.0329. The third-order valence-corrected chi connectivity index (χ3v) is 2.49. The normalized spacial score (nSPS) is 10.3. The van der Waals surface area contributed by atoms with Gasteiger partial charge in [-0.2, -0.15) is 5.10 Å². The van der Waals surface area contributed by atoms with Crippen LogP contribution in [0.5, 0.6) is 5.75 Å². The molecular weight excluding hydrogens is 234 g/mol. The molecule has 0 saturated heterocycles. The van der Waals surface area contributed by atoms with Gasteiger partial charge in [-0.25, -0.2) is 0 Å². The second kappa shape index (κ2) is 4.74. The summed E-state index contributed by atoms with van der Waals surface area (Å²) < 4.78 is 1.53. The van der Waals surface area contributed by atoms with Crippen molar-refractivity contribution >= 4 is 11.7 Å². The molecule has 2 aromatic heterocycles. The lowest BCUT2D eigenvalue weighted by molar-refractivity contribution is 0.0950. The van der Waals surface area contributed by atoms with Gasteiger partial charge in [-0.15, -0.1) is 0 Å². The molecule has 94 valence electrons. The summed E-state index contributed by atoms with van der Waals surface area (Å²) in [6.45, 7) is 0.272. The SMILES string of the molecule is Cn1ncc(CNC(=O)c2cncc(O)c2)c1N. The number of hydrogen-bond acceptors (Lipinski definition) is 5. The molecule has 1 amide bonds. The number of hydrogen-bond donors (Lipinski definition) is 3. The maximum Gasteiger partial charge on any atom is 0.253 e. The maximum atomic E-state index is 11.8. The monoisotopic (exact) mass is 247 g/mol. The molecule has 0 aliphatic carbocycles. The van der Waals surface area contributed by atoms with Crippen molar-refractivity contribution in [2.45, 2.75) is 6.54 Å². The van der Waals surface area contributed by atoms with Crippen LogP contribution in [0.1, 0.15) is 15.9 Å². The first-order valence-electron chi connectivity index (χ1n) is 5.26. The Balaban J connectivity index is 2.03. The van der Waals surface area contributed by atoms with Gasteiger partial charge in [0.25, 0.3) is 5.91 Å². The van der Waals surface area contributed by atoms with Crippen LogP contribution >= 0.6 is 0 Å². The fourth-order valence-corrected chi connectivity index (χ4v) is 1.46. The Bertz CT molecular complexity index is 579. The first kappa shape index (κ1) is 11.9. The van der Waals surface area contributed by atoms with Gasteiger partial charge < -0.3 is 16.2 Å². The minimum absolute atomic E-state index is 0.0523. The predicted molar refractivity (Wildman–Crippen MR) is 64.7 cm³/mol. The van der Waals surface area contributed by atoms with E-state index in [0.717, 1.165) is 5.56 Å². The van der Waals surface area contributed by atoms with E-state index in [-0.39, 0.29) is 23.8 Å². The fraction of sp³-hybridized carbons (Fsp3) is 0.182. The molecule has 4 N–H and O–H groups in total. The molecule has 2 rings (SSSR count). The highest BCUT2D eigenvalue weighted by Gasteiger charge is 2.09. The second-order valence-electron chi connectivity index (χ2n) is 3.79. The number of nitrogen functional groups attached to an aromatic ring is 1. The van der Waals surface area contributed by atoms with Crippen LogP contribution in [0.4, 0.5) is 5.82 Å². The fourth-order valence-electron chi connectivity index (χ4n) is 1.46. The van der Waals surface area contributed by atoms with Gasteiger partial charge in [0.05, 0.1) is 18.0 Å². The molecule has 2 heterocycles. The molecule has 2 aromatic rings. The number of pyridine rings is 1. The van der Waals surface area contributed by atoms with Gasteiger partial charge in [0.2, 0.25) is 0 Å². The van der Waals surface area contributed by atoms with Gasteiger partial charge in [-0.3, -0.25) is 14.5 Å². The summed E-state index contributed by atoms with van der Waals surface area (Å²) in [6, 6.07) is 1.34. The molecule has 0 bridgehead atoms. The lowest BCUT2D eigenvalue weighted by atomic mass is 10.2. The molecule has 0 unspecified atom stereocenters. The van der Waals surface area contributed by atoms with E-state index >= 15 is 0 Å². The Hall–Kier alpha value is -2.57. The topological polar surface area (TPSA) is 106 Å². The number of nitrogens with zero attached hydrogens (tertiary/aromatic N) is 3. The average Bonchev–Trinajstić information content (AvgIpc) is 2.67. The zero-order valence-electron chi connectivity index (χ0n) is 9.79. The lowest BCUT2D eigenvalue weighted by Crippen LogP contribution is -2.23. The molecule has 0 aliphatic heterocycles. The van der Waals surface area contributed by atoms with Crippen molar-refractivity contribution in [3.63, 3.8) is 0 Å². The molecule has 7 heteroatoms. The smallest absolute Gasteiger partial charge is 0.253 e. The number of anilines is 1. The molecule has 0 fully saturated rings. The molecule has 0 aliphatic rings. The lowest BCUT2D eigenvalue weighted by Gasteiger charge is -2.04. The Morgan fingerprint density at radius 3 is 2.89 bits per heavy atom. The number of carbonyl (C=O) groups excluding carboxylic acids is 1. The van der Waals surface area contributed by atoms with E-state index in [0.29, 0.717) is 5.82 Å². The quantitative estimate of drug-likeness (QED) is 0.709. The largest absolute Gasteiger partial charge is 0.506 e. The van der Waals surface area contributed by atoms with E-state index < -0.39 is 0 Å². The van der Waals surface area contributed by atoms with Gasteiger partial charge in [0.1, 0.15) is 11.6 Å². The van der Waals surface area contributed by atoms with Crippen LogP contribution in [-0.4, -0.2) is 25.8 Å². The standard InChI is InChI=1S/C11H13N5O2/c1-16-10(12)8(5-15-16)4-14-11(18)7-2-9(17)6-13-3-7/h2-3,5-6,17H,4,12H2,1H3,(H,14,18). The molecule has 0 atom stereocenters. The Morgan fingerprint density at radius 2 is 2.28 bits per heavy atom. The highest BCUT2D eigenvalue weighted by molar-refractivity contribution is 5.94. The summed E-state index contributed by atoms with van der Waals surface area (Å²) in [5.74, 6) is 0.120. The van der Waals surface area contributed by atoms with Gasteiger partial charge in [-0.1, -0.05) is 0 Å². The number of rotatable bonds is 3. The van der Waals surface area contributed by atoms with Crippen molar-refractivity contribution in [1.82, 2.24) is 20.1 Å². The van der Waals surface area contributed by atoms with Crippen molar-refractivity contribution < 1.29 is 9.90 Å². The van der Waals surface area contributed by atoms with Crippen LogP contribution in [0.15, 0.2) is 24.7 Å². The third-order valence-electron chi connectivity index (χ3n) is 2.49. The van der Waals surface area contributed by atoms with Crippen molar-refractivity contribution in [3.05, 3.63) is 35.8 Å². The summed E-state index contributed by atoms with van der Waals surface area (Å²) in [6.07, 6.45) is 4.23. The van der Waals surface area contributed by atoms with E-state index in [1.54, 1.807) is 13.2 Å². The summed E-state index contributed by atoms with van der Waals surface area (Å²) in [5.41, 5.74) is 6.77. The van der Waals surface area contributed by atoms with E-state index in [4.69, 9.17) is 5.73 Å². The minimum Gasteiger partial charge on any atom is -0.506 e. The number of aromatic hydroxyl groups is 1. The molecule has 0 radical (unpaired) electrons. The number of nitrogens with one attached hydrogen (secondary N) is 1. The average molecular weight is 247 g/mol. The van der Waals surface area contributed by atoms with Crippen molar-refractivity contribution in [3.8, 4) is 5.75 Å². The maximum absolute atomic E-state index is 11.8. The second-order valence-corrected chi connectivity index (χ2v) is 3.79. The number of nitrogens with two attached hydrogens (primary N) is 1. The zero-order valence-corrected chi connectivity index (χ0v) is 9.79. The molecule has 0 spiro atoms. The van der Waals surface area contributed by atoms with Crippen LogP contribution in [0, 0.1) is 0 Å². The first-order chi connectivity index (χ1) is 8.58. The van der Waals surface area contributed by atoms with E-state index in [2.05, 4.69) is 15.4 Å². The molecule has 0 aromatic carbocycles. The highest BCUT2D eigenvalue weighted by Crippen LogP contribution is 2.10. The molecular formula is C11H13N5O2. The van der Waals surface area contributed by atoms with Crippen molar-refractivity contribution in [1.29, 1.82) is 0 Å². The molecule has 18 heavy (non-hydrogen) atoms. The molecule has 7 nitrogen and oxygen atoms in total. The minimum atomic E-state index is -0.332. The Labute approximate surface area is 103 Å². The van der Waals surface area contributed by atoms with E-state index in [1.807, 2.05) is 0 Å². The zero-order chi connectivity index (χ0) is 13.1. The van der Waals surface area contributed by atoms with Crippen LogP contribution in [0.2, 0.25) is 0 Å². The molecule has 0 saturated carbocycles. The van der Waals surface area contributed by atoms with Gasteiger partial charge in [0, 0.05) is 25.4 Å². The summed E-state index contributed by atoms with van der Waals surface area (Å²) >= 11 is 0. The first-order valence-corrected chi connectivity index (χ1v) is 5.26. The van der Waals surface area contributed by atoms with Gasteiger partial charge in [-0.05, 0) is 6.07 Å². The van der Waals surface area contributed by atoms with Gasteiger partial charge >= 0.3 is 0 Å². The van der Waals surface area contributed by atoms with Crippen molar-refractivity contribution in [2.24, 2.45) is 7.05 Å². The van der Waals surface area contributed by atoms with E-state index in [9.17, 15) is 9.90 Å². The number of aryl methyl sites for hydroxylation is 1. The Kier molecular flexibility index (Phi) is 3.13. The van der Waals surface area contributed by atoms with Crippen LogP contribution in [-0.2, 0) is 13.6 Å². The summed E-state index contributed by atoms with van der Waals surface area (Å²) in [4.78, 5) is 15.5. The van der Waals surface area contributed by atoms with Crippen LogP contribution in [0.3, 0.4) is 0 Å². The Morgan fingerprint density at radius 1 is 1.50 bits per heavy atom. The third kappa shape index (κ3) is 2.40. The van der Waals surface area contributed by atoms with Crippen LogP contribution < -0.4 is 11.1 Å². The number of carbonyl (C=O) groups is 1. The van der Waals surface area contributed by atoms with Crippen molar-refractivity contribution in [2.75, 3.05) is 5.73 Å². The number of amides is 1. The summed E-state index contributed by atoms with van der Waals surface area (Å²) in [7, 11) is 1.72.